The number of rotatable bonds is 4. The van der Waals surface area contributed by atoms with Crippen LogP contribution in [0.25, 0.3) is 11.0 Å². The fraction of sp³-hybridized carbons (Fsp3) is 0.421. The molecule has 7 heteroatoms. The Morgan fingerprint density at radius 1 is 1.31 bits per heavy atom. The first-order valence-electron chi connectivity index (χ1n) is 8.93. The number of piperidine rings is 1. The number of nitrogens with zero attached hydrogens (tertiary/aromatic N) is 4. The third kappa shape index (κ3) is 2.73. The zero-order chi connectivity index (χ0) is 18.3. The van der Waals surface area contributed by atoms with Crippen molar-refractivity contribution in [2.45, 2.75) is 33.2 Å². The Morgan fingerprint density at radius 3 is 2.73 bits per heavy atom. The summed E-state index contributed by atoms with van der Waals surface area (Å²) in [5, 5.41) is 1.08. The Balaban J connectivity index is 1.72. The van der Waals surface area contributed by atoms with Crippen molar-refractivity contribution in [2.75, 3.05) is 18.0 Å². The Labute approximate surface area is 151 Å². The fourth-order valence-electron chi connectivity index (χ4n) is 3.82. The molecule has 0 bridgehead atoms. The molecule has 1 aliphatic rings. The molecule has 0 unspecified atom stereocenters. The normalized spacial score (nSPS) is 15.7. The summed E-state index contributed by atoms with van der Waals surface area (Å²) in [5.41, 5.74) is 8.71. The van der Waals surface area contributed by atoms with Gasteiger partial charge in [0.2, 0.25) is 5.91 Å². The number of hydrogen-bond acceptors (Lipinski definition) is 5. The number of fused-ring (bicyclic) bond motifs is 1. The third-order valence-electron chi connectivity index (χ3n) is 5.48. The molecule has 4 rings (SSSR count). The van der Waals surface area contributed by atoms with E-state index < -0.39 is 0 Å². The van der Waals surface area contributed by atoms with Crippen molar-refractivity contribution in [2.24, 2.45) is 11.7 Å². The van der Waals surface area contributed by atoms with Crippen LogP contribution < -0.4 is 10.6 Å². The summed E-state index contributed by atoms with van der Waals surface area (Å²) < 4.78 is 7.68. The first-order chi connectivity index (χ1) is 12.6. The predicted molar refractivity (Wildman–Crippen MR) is 98.9 cm³/mol. The van der Waals surface area contributed by atoms with E-state index >= 15 is 0 Å². The molecule has 0 aromatic carbocycles. The lowest BCUT2D eigenvalue weighted by Crippen LogP contribution is -2.39. The number of hydrogen-bond donors (Lipinski definition) is 1. The smallest absolute Gasteiger partial charge is 0.220 e. The van der Waals surface area contributed by atoms with Crippen LogP contribution in [0.4, 0.5) is 5.82 Å². The predicted octanol–water partition coefficient (Wildman–Crippen LogP) is 2.39. The summed E-state index contributed by atoms with van der Waals surface area (Å²) in [6.07, 6.45) is 4.85. The van der Waals surface area contributed by atoms with Gasteiger partial charge < -0.3 is 19.6 Å². The Morgan fingerprint density at radius 2 is 2.08 bits per heavy atom. The van der Waals surface area contributed by atoms with Gasteiger partial charge in [0.1, 0.15) is 23.6 Å². The fourth-order valence-corrected chi connectivity index (χ4v) is 3.82. The Kier molecular flexibility index (Phi) is 4.14. The van der Waals surface area contributed by atoms with Gasteiger partial charge >= 0.3 is 0 Å². The van der Waals surface area contributed by atoms with Crippen molar-refractivity contribution in [1.82, 2.24) is 14.5 Å². The van der Waals surface area contributed by atoms with Crippen LogP contribution in [0.15, 0.2) is 29.1 Å². The lowest BCUT2D eigenvalue weighted by atomic mass is 9.96. The highest BCUT2D eigenvalue weighted by molar-refractivity contribution is 5.92. The quantitative estimate of drug-likeness (QED) is 0.778. The van der Waals surface area contributed by atoms with Crippen LogP contribution >= 0.6 is 0 Å². The van der Waals surface area contributed by atoms with E-state index in [-0.39, 0.29) is 11.8 Å². The second-order valence-corrected chi connectivity index (χ2v) is 6.94. The Bertz CT molecular complexity index is 937. The van der Waals surface area contributed by atoms with E-state index in [1.807, 2.05) is 12.1 Å². The van der Waals surface area contributed by atoms with Crippen molar-refractivity contribution in [3.05, 3.63) is 41.7 Å². The zero-order valence-corrected chi connectivity index (χ0v) is 15.1. The van der Waals surface area contributed by atoms with Crippen LogP contribution in [-0.2, 0) is 11.3 Å². The first-order valence-corrected chi connectivity index (χ1v) is 8.93. The zero-order valence-electron chi connectivity index (χ0n) is 15.1. The number of carbonyl (C=O) groups is 1. The van der Waals surface area contributed by atoms with Gasteiger partial charge in [0, 0.05) is 24.7 Å². The van der Waals surface area contributed by atoms with E-state index in [1.165, 1.54) is 5.56 Å². The average Bonchev–Trinajstić information content (AvgIpc) is 3.25. The van der Waals surface area contributed by atoms with Gasteiger partial charge in [0.05, 0.1) is 18.2 Å². The highest BCUT2D eigenvalue weighted by Crippen LogP contribution is 2.33. The monoisotopic (exact) mass is 353 g/mol. The molecule has 2 N–H and O–H groups in total. The number of primary amides is 1. The first kappa shape index (κ1) is 16.6. The second kappa shape index (κ2) is 6.48. The van der Waals surface area contributed by atoms with Crippen LogP contribution in [0.1, 0.15) is 29.9 Å². The standard InChI is InChI=1S/C19H23N5O2/c1-12-13(2)24(10-15-4-3-9-26-15)19-16(12)18(21-11-22-19)23-7-5-14(6-8-23)17(20)25/h3-4,9,11,14H,5-8,10H2,1-2H3,(H2,20,25). The van der Waals surface area contributed by atoms with E-state index in [2.05, 4.69) is 33.3 Å². The molecule has 1 fully saturated rings. The Hall–Kier alpha value is -2.83. The molecule has 0 aliphatic carbocycles. The lowest BCUT2D eigenvalue weighted by molar-refractivity contribution is -0.122. The lowest BCUT2D eigenvalue weighted by Gasteiger charge is -2.31. The average molecular weight is 353 g/mol. The molecule has 136 valence electrons. The van der Waals surface area contributed by atoms with Crippen molar-refractivity contribution >= 4 is 22.8 Å². The molecule has 0 spiro atoms. The number of aromatic nitrogens is 3. The second-order valence-electron chi connectivity index (χ2n) is 6.94. The molecule has 3 aromatic rings. The number of amides is 1. The largest absolute Gasteiger partial charge is 0.467 e. The van der Waals surface area contributed by atoms with Gasteiger partial charge in [-0.1, -0.05) is 0 Å². The summed E-state index contributed by atoms with van der Waals surface area (Å²) in [6, 6.07) is 3.86. The minimum atomic E-state index is -0.200. The molecule has 1 amide bonds. The van der Waals surface area contributed by atoms with E-state index in [0.29, 0.717) is 6.54 Å². The highest BCUT2D eigenvalue weighted by atomic mass is 16.3. The van der Waals surface area contributed by atoms with Gasteiger partial charge in [-0.25, -0.2) is 9.97 Å². The molecular weight excluding hydrogens is 330 g/mol. The van der Waals surface area contributed by atoms with Crippen LogP contribution in [-0.4, -0.2) is 33.5 Å². The summed E-state index contributed by atoms with van der Waals surface area (Å²) >= 11 is 0. The maximum absolute atomic E-state index is 11.4. The van der Waals surface area contributed by atoms with Gasteiger partial charge in [-0.2, -0.15) is 0 Å². The topological polar surface area (TPSA) is 90.2 Å². The van der Waals surface area contributed by atoms with Gasteiger partial charge in [-0.05, 0) is 44.4 Å². The molecule has 3 aromatic heterocycles. The van der Waals surface area contributed by atoms with E-state index in [9.17, 15) is 4.79 Å². The molecule has 1 saturated heterocycles. The molecule has 0 radical (unpaired) electrons. The molecule has 0 saturated carbocycles. The molecule has 4 heterocycles. The van der Waals surface area contributed by atoms with Crippen LogP contribution in [0.2, 0.25) is 0 Å². The summed E-state index contributed by atoms with van der Waals surface area (Å²) in [7, 11) is 0. The maximum Gasteiger partial charge on any atom is 0.220 e. The van der Waals surface area contributed by atoms with E-state index in [4.69, 9.17) is 10.2 Å². The van der Waals surface area contributed by atoms with Crippen molar-refractivity contribution in [1.29, 1.82) is 0 Å². The minimum absolute atomic E-state index is 0.0324. The minimum Gasteiger partial charge on any atom is -0.467 e. The number of aryl methyl sites for hydroxylation is 1. The van der Waals surface area contributed by atoms with Crippen LogP contribution in [0.5, 0.6) is 0 Å². The molecule has 26 heavy (non-hydrogen) atoms. The number of anilines is 1. The highest BCUT2D eigenvalue weighted by Gasteiger charge is 2.26. The van der Waals surface area contributed by atoms with E-state index in [1.54, 1.807) is 12.6 Å². The van der Waals surface area contributed by atoms with Gasteiger partial charge in [-0.15, -0.1) is 0 Å². The number of nitrogens with two attached hydrogens (primary N) is 1. The number of furan rings is 1. The van der Waals surface area contributed by atoms with Gasteiger partial charge in [0.25, 0.3) is 0 Å². The molecule has 0 atom stereocenters. The molecular formula is C19H23N5O2. The number of carbonyl (C=O) groups excluding carboxylic acids is 1. The van der Waals surface area contributed by atoms with Crippen molar-refractivity contribution < 1.29 is 9.21 Å². The summed E-state index contributed by atoms with van der Waals surface area (Å²) in [5.74, 6) is 1.60. The molecule has 1 aliphatic heterocycles. The maximum atomic E-state index is 11.4. The van der Waals surface area contributed by atoms with Gasteiger partial charge in [-0.3, -0.25) is 4.79 Å². The summed E-state index contributed by atoms with van der Waals surface area (Å²) in [4.78, 5) is 22.8. The van der Waals surface area contributed by atoms with Crippen molar-refractivity contribution in [3.8, 4) is 0 Å². The van der Waals surface area contributed by atoms with Gasteiger partial charge in [0.15, 0.2) is 0 Å². The van der Waals surface area contributed by atoms with Crippen molar-refractivity contribution in [3.63, 3.8) is 0 Å². The SMILES string of the molecule is Cc1c(C)n(Cc2ccco2)c2ncnc(N3CCC(C(N)=O)CC3)c12. The van der Waals surface area contributed by atoms with Crippen LogP contribution in [0.3, 0.4) is 0 Å². The van der Waals surface area contributed by atoms with E-state index in [0.717, 1.165) is 54.2 Å². The third-order valence-corrected chi connectivity index (χ3v) is 5.48. The summed E-state index contributed by atoms with van der Waals surface area (Å²) in [6.45, 7) is 6.41. The van der Waals surface area contributed by atoms with Crippen LogP contribution in [0, 0.1) is 19.8 Å². The molecule has 7 nitrogen and oxygen atoms in total.